The molecule has 1 aliphatic rings. The molecule has 106 valence electrons. The van der Waals surface area contributed by atoms with Crippen molar-refractivity contribution < 1.29 is 9.13 Å². The normalized spacial score (nSPS) is 17.9. The van der Waals surface area contributed by atoms with Gasteiger partial charge in [-0.15, -0.1) is 10.2 Å². The smallest absolute Gasteiger partial charge is 0.170 e. The van der Waals surface area contributed by atoms with Crippen molar-refractivity contribution in [1.29, 1.82) is 0 Å². The number of benzene rings is 1. The molecule has 6 heteroatoms. The Balaban J connectivity index is 2.15. The van der Waals surface area contributed by atoms with E-state index in [0.717, 1.165) is 25.3 Å². The third kappa shape index (κ3) is 1.96. The minimum Gasteiger partial charge on any atom is -0.496 e. The standard InChI is InChI=1S/C14H17FN4O/c1-3-10-13-17-18-14(19(13)8-7-16-10)12-9(15)5-4-6-11(12)20-2/h4-6,10,16H,3,7-8H2,1-2H3. The van der Waals surface area contributed by atoms with Crippen molar-refractivity contribution in [2.75, 3.05) is 13.7 Å². The number of hydrogen-bond acceptors (Lipinski definition) is 4. The number of fused-ring (bicyclic) bond motifs is 1. The van der Waals surface area contributed by atoms with E-state index in [1.54, 1.807) is 12.1 Å². The molecule has 20 heavy (non-hydrogen) atoms. The maximum atomic E-state index is 14.2. The third-order valence-electron chi connectivity index (χ3n) is 3.64. The van der Waals surface area contributed by atoms with Crippen LogP contribution in [-0.2, 0) is 6.54 Å². The molecule has 0 radical (unpaired) electrons. The van der Waals surface area contributed by atoms with Crippen LogP contribution in [0.15, 0.2) is 18.2 Å². The average Bonchev–Trinajstić information content (AvgIpc) is 2.90. The van der Waals surface area contributed by atoms with Gasteiger partial charge in [-0.05, 0) is 18.6 Å². The molecule has 0 aliphatic carbocycles. The summed E-state index contributed by atoms with van der Waals surface area (Å²) in [6.07, 6.45) is 0.923. The molecule has 1 N–H and O–H groups in total. The van der Waals surface area contributed by atoms with Crippen LogP contribution < -0.4 is 10.1 Å². The van der Waals surface area contributed by atoms with E-state index in [0.29, 0.717) is 17.1 Å². The zero-order valence-corrected chi connectivity index (χ0v) is 11.6. The highest BCUT2D eigenvalue weighted by Gasteiger charge is 2.26. The van der Waals surface area contributed by atoms with E-state index in [9.17, 15) is 4.39 Å². The van der Waals surface area contributed by atoms with Crippen LogP contribution in [0.3, 0.4) is 0 Å². The predicted molar refractivity (Wildman–Crippen MR) is 73.0 cm³/mol. The van der Waals surface area contributed by atoms with Crippen LogP contribution in [0.4, 0.5) is 4.39 Å². The summed E-state index contributed by atoms with van der Waals surface area (Å²) in [4.78, 5) is 0. The molecule has 1 aliphatic heterocycles. The lowest BCUT2D eigenvalue weighted by molar-refractivity contribution is 0.402. The second-order valence-electron chi connectivity index (χ2n) is 4.77. The Hall–Kier alpha value is -1.95. The first-order valence-electron chi connectivity index (χ1n) is 6.75. The number of methoxy groups -OCH3 is 1. The molecule has 2 heterocycles. The fourth-order valence-electron chi connectivity index (χ4n) is 2.64. The summed E-state index contributed by atoms with van der Waals surface area (Å²) >= 11 is 0. The first kappa shape index (κ1) is 13.1. The minimum atomic E-state index is -0.342. The van der Waals surface area contributed by atoms with Gasteiger partial charge in [0.2, 0.25) is 0 Å². The van der Waals surface area contributed by atoms with Crippen LogP contribution in [0, 0.1) is 5.82 Å². The SMILES string of the molecule is CCC1NCCn2c(-c3c(F)cccc3OC)nnc21. The summed E-state index contributed by atoms with van der Waals surface area (Å²) in [5.41, 5.74) is 0.380. The van der Waals surface area contributed by atoms with Gasteiger partial charge in [0.05, 0.1) is 18.7 Å². The molecule has 0 saturated carbocycles. The van der Waals surface area contributed by atoms with E-state index in [-0.39, 0.29) is 11.9 Å². The molecular formula is C14H17FN4O. The predicted octanol–water partition coefficient (Wildman–Crippen LogP) is 2.15. The van der Waals surface area contributed by atoms with Crippen molar-refractivity contribution in [3.05, 3.63) is 29.8 Å². The molecule has 5 nitrogen and oxygen atoms in total. The Morgan fingerprint density at radius 2 is 2.30 bits per heavy atom. The molecule has 1 aromatic heterocycles. The Kier molecular flexibility index (Phi) is 3.40. The molecule has 1 unspecified atom stereocenters. The van der Waals surface area contributed by atoms with E-state index in [1.807, 2.05) is 4.57 Å². The molecule has 0 amide bonds. The monoisotopic (exact) mass is 276 g/mol. The van der Waals surface area contributed by atoms with Crippen LogP contribution in [0.5, 0.6) is 5.75 Å². The number of ether oxygens (including phenoxy) is 1. The molecule has 0 fully saturated rings. The minimum absolute atomic E-state index is 0.169. The largest absolute Gasteiger partial charge is 0.496 e. The fourth-order valence-corrected chi connectivity index (χ4v) is 2.64. The highest BCUT2D eigenvalue weighted by Crippen LogP contribution is 2.33. The molecule has 1 atom stereocenters. The highest BCUT2D eigenvalue weighted by atomic mass is 19.1. The van der Waals surface area contributed by atoms with Crippen LogP contribution in [0.1, 0.15) is 25.2 Å². The number of rotatable bonds is 3. The number of nitrogens with one attached hydrogen (secondary N) is 1. The summed E-state index contributed by atoms with van der Waals surface area (Å²) in [5.74, 6) is 1.53. The summed E-state index contributed by atoms with van der Waals surface area (Å²) in [5, 5.41) is 11.8. The molecule has 3 rings (SSSR count). The Bertz CT molecular complexity index is 626. The number of aromatic nitrogens is 3. The number of halogens is 1. The summed E-state index contributed by atoms with van der Waals surface area (Å²) < 4.78 is 21.4. The number of hydrogen-bond donors (Lipinski definition) is 1. The van der Waals surface area contributed by atoms with Crippen LogP contribution in [-0.4, -0.2) is 28.4 Å². The van der Waals surface area contributed by atoms with E-state index in [2.05, 4.69) is 22.4 Å². The lowest BCUT2D eigenvalue weighted by atomic mass is 10.1. The van der Waals surface area contributed by atoms with Crippen molar-refractivity contribution in [2.24, 2.45) is 0 Å². The lowest BCUT2D eigenvalue weighted by Crippen LogP contribution is -2.33. The van der Waals surface area contributed by atoms with Gasteiger partial charge in [-0.3, -0.25) is 0 Å². The first-order valence-corrected chi connectivity index (χ1v) is 6.75. The van der Waals surface area contributed by atoms with Crippen LogP contribution in [0.25, 0.3) is 11.4 Å². The maximum absolute atomic E-state index is 14.2. The van der Waals surface area contributed by atoms with Crippen molar-refractivity contribution in [3.63, 3.8) is 0 Å². The van der Waals surface area contributed by atoms with Crippen molar-refractivity contribution >= 4 is 0 Å². The van der Waals surface area contributed by atoms with Crippen molar-refractivity contribution in [2.45, 2.75) is 25.9 Å². The average molecular weight is 276 g/mol. The molecule has 1 aromatic carbocycles. The summed E-state index contributed by atoms with van der Waals surface area (Å²) in [6, 6.07) is 4.94. The Morgan fingerprint density at radius 3 is 3.05 bits per heavy atom. The van der Waals surface area contributed by atoms with Crippen LogP contribution >= 0.6 is 0 Å². The van der Waals surface area contributed by atoms with Gasteiger partial charge in [0.1, 0.15) is 11.6 Å². The van der Waals surface area contributed by atoms with E-state index < -0.39 is 0 Å². The zero-order valence-electron chi connectivity index (χ0n) is 11.6. The van der Waals surface area contributed by atoms with Crippen molar-refractivity contribution in [3.8, 4) is 17.1 Å². The van der Waals surface area contributed by atoms with Gasteiger partial charge in [-0.25, -0.2) is 4.39 Å². The van der Waals surface area contributed by atoms with Crippen LogP contribution in [0.2, 0.25) is 0 Å². The van der Waals surface area contributed by atoms with Gasteiger partial charge in [0.25, 0.3) is 0 Å². The Morgan fingerprint density at radius 1 is 1.45 bits per heavy atom. The van der Waals surface area contributed by atoms with Gasteiger partial charge in [0.15, 0.2) is 11.6 Å². The van der Waals surface area contributed by atoms with E-state index in [4.69, 9.17) is 4.74 Å². The molecule has 0 bridgehead atoms. The van der Waals surface area contributed by atoms with Crippen molar-refractivity contribution in [1.82, 2.24) is 20.1 Å². The molecular weight excluding hydrogens is 259 g/mol. The summed E-state index contributed by atoms with van der Waals surface area (Å²) in [7, 11) is 1.53. The van der Waals surface area contributed by atoms with Gasteiger partial charge in [0, 0.05) is 13.1 Å². The van der Waals surface area contributed by atoms with E-state index in [1.165, 1.54) is 13.2 Å². The van der Waals surface area contributed by atoms with Gasteiger partial charge < -0.3 is 14.6 Å². The lowest BCUT2D eigenvalue weighted by Gasteiger charge is -2.24. The van der Waals surface area contributed by atoms with E-state index >= 15 is 0 Å². The zero-order chi connectivity index (χ0) is 14.1. The van der Waals surface area contributed by atoms with Gasteiger partial charge >= 0.3 is 0 Å². The topological polar surface area (TPSA) is 52.0 Å². The second-order valence-corrected chi connectivity index (χ2v) is 4.77. The highest BCUT2D eigenvalue weighted by molar-refractivity contribution is 5.65. The molecule has 0 saturated heterocycles. The quantitative estimate of drug-likeness (QED) is 0.933. The Labute approximate surface area is 116 Å². The summed E-state index contributed by atoms with van der Waals surface area (Å²) in [6.45, 7) is 3.64. The maximum Gasteiger partial charge on any atom is 0.170 e. The molecule has 2 aromatic rings. The van der Waals surface area contributed by atoms with Gasteiger partial charge in [-0.1, -0.05) is 13.0 Å². The molecule has 0 spiro atoms. The first-order chi connectivity index (χ1) is 9.76. The number of nitrogens with zero attached hydrogens (tertiary/aromatic N) is 3. The second kappa shape index (κ2) is 5.20. The van der Waals surface area contributed by atoms with Gasteiger partial charge in [-0.2, -0.15) is 0 Å². The fraction of sp³-hybridized carbons (Fsp3) is 0.429. The third-order valence-corrected chi connectivity index (χ3v) is 3.64.